The van der Waals surface area contributed by atoms with E-state index >= 15 is 0 Å². The molecule has 2 unspecified atom stereocenters. The lowest BCUT2D eigenvalue weighted by Crippen LogP contribution is -2.24. The number of aliphatic hydroxyl groups excluding tert-OH is 1. The van der Waals surface area contributed by atoms with Crippen LogP contribution in [0, 0.1) is 0 Å². The molecule has 3 N–H and O–H groups in total. The van der Waals surface area contributed by atoms with Crippen LogP contribution in [-0.4, -0.2) is 29.4 Å². The Morgan fingerprint density at radius 1 is 1.29 bits per heavy atom. The van der Waals surface area contributed by atoms with Crippen LogP contribution < -0.4 is 5.32 Å². The van der Waals surface area contributed by atoms with Crippen molar-refractivity contribution in [2.75, 3.05) is 13.2 Å². The molecule has 0 spiro atoms. The molecule has 0 bridgehead atoms. The number of nitrogens with one attached hydrogen (secondary N) is 1. The molecule has 1 aliphatic rings. The Labute approximate surface area is 83.4 Å². The molecule has 3 heteroatoms. The molecule has 0 radical (unpaired) electrons. The topological polar surface area (TPSA) is 52.5 Å². The van der Waals surface area contributed by atoms with E-state index in [0.717, 1.165) is 13.0 Å². The van der Waals surface area contributed by atoms with Gasteiger partial charge in [-0.15, -0.1) is 0 Å². The van der Waals surface area contributed by atoms with Crippen LogP contribution >= 0.6 is 0 Å². The van der Waals surface area contributed by atoms with E-state index in [1.165, 1.54) is 5.56 Å². The quantitative estimate of drug-likeness (QED) is 0.652. The normalized spacial score (nSPS) is 26.6. The van der Waals surface area contributed by atoms with Crippen molar-refractivity contribution in [2.24, 2.45) is 0 Å². The number of phenolic OH excluding ortho intramolecular Hbond substituents is 1. The molecule has 76 valence electrons. The lowest BCUT2D eigenvalue weighted by molar-refractivity contribution is 0.254. The molecule has 2 rings (SSSR count). The largest absolute Gasteiger partial charge is 0.508 e. The number of phenols is 1. The maximum atomic E-state index is 9.14. The second kappa shape index (κ2) is 3.98. The molecule has 1 fully saturated rings. The van der Waals surface area contributed by atoms with Gasteiger partial charge in [-0.2, -0.15) is 0 Å². The molecule has 1 aromatic rings. The average molecular weight is 193 g/mol. The van der Waals surface area contributed by atoms with Gasteiger partial charge >= 0.3 is 0 Å². The Bertz CT molecular complexity index is 297. The van der Waals surface area contributed by atoms with E-state index in [0.29, 0.717) is 11.7 Å². The highest BCUT2D eigenvalue weighted by atomic mass is 16.3. The van der Waals surface area contributed by atoms with Crippen molar-refractivity contribution in [3.05, 3.63) is 29.8 Å². The van der Waals surface area contributed by atoms with E-state index in [1.807, 2.05) is 12.1 Å². The van der Waals surface area contributed by atoms with Gasteiger partial charge < -0.3 is 15.5 Å². The summed E-state index contributed by atoms with van der Waals surface area (Å²) < 4.78 is 0. The van der Waals surface area contributed by atoms with Gasteiger partial charge in [0.05, 0.1) is 6.61 Å². The maximum Gasteiger partial charge on any atom is 0.115 e. The molecular formula is C11H15NO2. The molecule has 0 aromatic heterocycles. The van der Waals surface area contributed by atoms with Crippen molar-refractivity contribution in [1.29, 1.82) is 0 Å². The molecule has 2 atom stereocenters. The molecule has 0 saturated carbocycles. The van der Waals surface area contributed by atoms with Gasteiger partial charge in [0.15, 0.2) is 0 Å². The van der Waals surface area contributed by atoms with Crippen molar-refractivity contribution < 1.29 is 10.2 Å². The third kappa shape index (κ3) is 1.89. The molecule has 14 heavy (non-hydrogen) atoms. The molecule has 1 saturated heterocycles. The number of rotatable bonds is 2. The molecule has 1 aliphatic heterocycles. The Morgan fingerprint density at radius 3 is 2.57 bits per heavy atom. The second-order valence-electron chi connectivity index (χ2n) is 3.81. The van der Waals surface area contributed by atoms with Gasteiger partial charge in [-0.25, -0.2) is 0 Å². The van der Waals surface area contributed by atoms with Crippen molar-refractivity contribution in [1.82, 2.24) is 5.32 Å². The lowest BCUT2D eigenvalue weighted by atomic mass is 9.96. The van der Waals surface area contributed by atoms with Crippen LogP contribution in [0.1, 0.15) is 17.9 Å². The zero-order chi connectivity index (χ0) is 9.97. The van der Waals surface area contributed by atoms with Gasteiger partial charge in [-0.3, -0.25) is 0 Å². The van der Waals surface area contributed by atoms with Gasteiger partial charge in [0, 0.05) is 12.6 Å². The summed E-state index contributed by atoms with van der Waals surface area (Å²) in [5, 5.41) is 21.4. The number of benzene rings is 1. The minimum atomic E-state index is 0.203. The summed E-state index contributed by atoms with van der Waals surface area (Å²) in [5.74, 6) is 0.770. The predicted molar refractivity (Wildman–Crippen MR) is 54.3 cm³/mol. The fourth-order valence-electron chi connectivity index (χ4n) is 1.96. The summed E-state index contributed by atoms with van der Waals surface area (Å²) in [7, 11) is 0. The van der Waals surface area contributed by atoms with Crippen LogP contribution in [0.15, 0.2) is 24.3 Å². The van der Waals surface area contributed by atoms with Crippen LogP contribution in [0.4, 0.5) is 0 Å². The first-order chi connectivity index (χ1) is 6.79. The monoisotopic (exact) mass is 193 g/mol. The minimum Gasteiger partial charge on any atom is -0.508 e. The van der Waals surface area contributed by atoms with Crippen LogP contribution in [0.2, 0.25) is 0 Å². The molecule has 3 nitrogen and oxygen atoms in total. The van der Waals surface area contributed by atoms with Gasteiger partial charge in [-0.05, 0) is 30.0 Å². The summed E-state index contributed by atoms with van der Waals surface area (Å²) in [5.41, 5.74) is 1.23. The highest BCUT2D eigenvalue weighted by Crippen LogP contribution is 2.26. The highest BCUT2D eigenvalue weighted by molar-refractivity contribution is 5.29. The summed E-state index contributed by atoms with van der Waals surface area (Å²) in [6.07, 6.45) is 0.973. The van der Waals surface area contributed by atoms with E-state index in [9.17, 15) is 0 Å². The van der Waals surface area contributed by atoms with Crippen molar-refractivity contribution in [3.63, 3.8) is 0 Å². The molecule has 0 aliphatic carbocycles. The molecule has 0 amide bonds. The Hall–Kier alpha value is -1.06. The SMILES string of the molecule is OCC1CC(c2ccc(O)cc2)CN1. The van der Waals surface area contributed by atoms with Crippen LogP contribution in [-0.2, 0) is 0 Å². The van der Waals surface area contributed by atoms with Gasteiger partial charge in [-0.1, -0.05) is 12.1 Å². The van der Waals surface area contributed by atoms with E-state index in [1.54, 1.807) is 12.1 Å². The lowest BCUT2D eigenvalue weighted by Gasteiger charge is -2.08. The van der Waals surface area contributed by atoms with Crippen molar-refractivity contribution >= 4 is 0 Å². The third-order valence-electron chi connectivity index (χ3n) is 2.81. The second-order valence-corrected chi connectivity index (χ2v) is 3.81. The van der Waals surface area contributed by atoms with Crippen LogP contribution in [0.3, 0.4) is 0 Å². The van der Waals surface area contributed by atoms with Gasteiger partial charge in [0.2, 0.25) is 0 Å². The number of aromatic hydroxyl groups is 1. The minimum absolute atomic E-state index is 0.203. The summed E-state index contributed by atoms with van der Waals surface area (Å²) in [6, 6.07) is 7.54. The van der Waals surface area contributed by atoms with Crippen molar-refractivity contribution in [2.45, 2.75) is 18.4 Å². The van der Waals surface area contributed by atoms with Gasteiger partial charge in [0.25, 0.3) is 0 Å². The van der Waals surface area contributed by atoms with Crippen molar-refractivity contribution in [3.8, 4) is 5.75 Å². The number of hydrogen-bond acceptors (Lipinski definition) is 3. The zero-order valence-electron chi connectivity index (χ0n) is 7.98. The third-order valence-corrected chi connectivity index (χ3v) is 2.81. The standard InChI is InChI=1S/C11H15NO2/c13-7-10-5-9(6-12-10)8-1-3-11(14)4-2-8/h1-4,9-10,12-14H,5-7H2. The van der Waals surface area contributed by atoms with E-state index in [-0.39, 0.29) is 12.6 Å². The first-order valence-corrected chi connectivity index (χ1v) is 4.93. The zero-order valence-corrected chi connectivity index (χ0v) is 7.98. The number of hydrogen-bond donors (Lipinski definition) is 3. The molecule has 1 aromatic carbocycles. The van der Waals surface area contributed by atoms with Crippen LogP contribution in [0.25, 0.3) is 0 Å². The highest BCUT2D eigenvalue weighted by Gasteiger charge is 2.24. The Morgan fingerprint density at radius 2 is 2.00 bits per heavy atom. The summed E-state index contributed by atoms with van der Waals surface area (Å²) in [6.45, 7) is 1.12. The summed E-state index contributed by atoms with van der Waals surface area (Å²) in [4.78, 5) is 0. The first kappa shape index (κ1) is 9.49. The smallest absolute Gasteiger partial charge is 0.115 e. The first-order valence-electron chi connectivity index (χ1n) is 4.93. The van der Waals surface area contributed by atoms with E-state index in [2.05, 4.69) is 5.32 Å². The Balaban J connectivity index is 2.06. The fourth-order valence-corrected chi connectivity index (χ4v) is 1.96. The number of aliphatic hydroxyl groups is 1. The molecule has 1 heterocycles. The summed E-state index contributed by atoms with van der Waals surface area (Å²) >= 11 is 0. The van der Waals surface area contributed by atoms with E-state index < -0.39 is 0 Å². The Kier molecular flexibility index (Phi) is 2.70. The molecular weight excluding hydrogens is 178 g/mol. The average Bonchev–Trinajstić information content (AvgIpc) is 2.67. The van der Waals surface area contributed by atoms with E-state index in [4.69, 9.17) is 10.2 Å². The van der Waals surface area contributed by atoms with Crippen LogP contribution in [0.5, 0.6) is 5.75 Å². The van der Waals surface area contributed by atoms with Gasteiger partial charge in [0.1, 0.15) is 5.75 Å². The fraction of sp³-hybridized carbons (Fsp3) is 0.455. The predicted octanol–water partition coefficient (Wildman–Crippen LogP) is 0.830. The maximum absolute atomic E-state index is 9.14.